The lowest BCUT2D eigenvalue weighted by Gasteiger charge is -2.21. The topological polar surface area (TPSA) is 0 Å². The Labute approximate surface area is 363 Å². The predicted octanol–water partition coefficient (Wildman–Crippen LogP) is 16.8. The summed E-state index contributed by atoms with van der Waals surface area (Å²) in [5.74, 6) is 0. The molecule has 0 spiro atoms. The Hall–Kier alpha value is -8.06. The van der Waals surface area contributed by atoms with E-state index in [1.165, 1.54) is 98.7 Å². The van der Waals surface area contributed by atoms with Gasteiger partial charge in [0.1, 0.15) is 0 Å². The van der Waals surface area contributed by atoms with Gasteiger partial charge in [0, 0.05) is 0 Å². The largest absolute Gasteiger partial charge is 0.0622 e. The first-order valence-corrected chi connectivity index (χ1v) is 21.4. The molecule has 0 saturated carbocycles. The van der Waals surface area contributed by atoms with Crippen molar-refractivity contribution in [1.29, 1.82) is 0 Å². The highest BCUT2D eigenvalue weighted by atomic mass is 14.2. The second kappa shape index (κ2) is 16.2. The SMILES string of the molecule is C(=C(c1ccccc1)c1ccccc1)c1cc(-c2c3ccccc3c(-c3cc(C=C(c4ccccc4)c4ccccc4)cc4ccccc34)c3ccccc23)c2ccccc2c1. The zero-order valence-electron chi connectivity index (χ0n) is 34.2. The van der Waals surface area contributed by atoms with Crippen LogP contribution >= 0.6 is 0 Å². The van der Waals surface area contributed by atoms with Gasteiger partial charge in [-0.25, -0.2) is 0 Å². The minimum Gasteiger partial charge on any atom is -0.0622 e. The number of hydrogen-bond acceptors (Lipinski definition) is 0. The molecule has 0 amide bonds. The van der Waals surface area contributed by atoms with Gasteiger partial charge in [-0.05, 0) is 146 Å². The Morgan fingerprint density at radius 3 is 0.806 bits per heavy atom. The molecule has 11 rings (SSSR count). The lowest BCUT2D eigenvalue weighted by Crippen LogP contribution is -1.94. The van der Waals surface area contributed by atoms with Crippen molar-refractivity contribution in [1.82, 2.24) is 0 Å². The summed E-state index contributed by atoms with van der Waals surface area (Å²) in [6.07, 6.45) is 4.73. The van der Waals surface area contributed by atoms with Gasteiger partial charge in [0.2, 0.25) is 0 Å². The summed E-state index contributed by atoms with van der Waals surface area (Å²) < 4.78 is 0. The monoisotopic (exact) mass is 786 g/mol. The van der Waals surface area contributed by atoms with E-state index in [-0.39, 0.29) is 0 Å². The number of hydrogen-bond donors (Lipinski definition) is 0. The van der Waals surface area contributed by atoms with Crippen LogP contribution in [0.4, 0.5) is 0 Å². The quantitative estimate of drug-likeness (QED) is 0.106. The average Bonchev–Trinajstić information content (AvgIpc) is 3.35. The summed E-state index contributed by atoms with van der Waals surface area (Å²) in [6, 6.07) is 88.3. The first-order chi connectivity index (χ1) is 30.8. The van der Waals surface area contributed by atoms with E-state index in [1.54, 1.807) is 0 Å². The lowest BCUT2D eigenvalue weighted by molar-refractivity contribution is 1.55. The second-order valence-electron chi connectivity index (χ2n) is 16.0. The van der Waals surface area contributed by atoms with Crippen LogP contribution in [0.5, 0.6) is 0 Å². The third-order valence-corrected chi connectivity index (χ3v) is 12.2. The molecular weight excluding hydrogens is 745 g/mol. The van der Waals surface area contributed by atoms with Crippen molar-refractivity contribution in [3.8, 4) is 22.3 Å². The van der Waals surface area contributed by atoms with Crippen molar-refractivity contribution >= 4 is 66.4 Å². The summed E-state index contributed by atoms with van der Waals surface area (Å²) in [5, 5.41) is 9.84. The summed E-state index contributed by atoms with van der Waals surface area (Å²) >= 11 is 0. The van der Waals surface area contributed by atoms with E-state index >= 15 is 0 Å². The Morgan fingerprint density at radius 2 is 0.500 bits per heavy atom. The van der Waals surface area contributed by atoms with Crippen LogP contribution in [0.25, 0.3) is 88.6 Å². The van der Waals surface area contributed by atoms with Crippen molar-refractivity contribution in [2.75, 3.05) is 0 Å². The second-order valence-corrected chi connectivity index (χ2v) is 16.0. The van der Waals surface area contributed by atoms with E-state index in [4.69, 9.17) is 0 Å². The lowest BCUT2D eigenvalue weighted by atomic mass is 9.82. The van der Waals surface area contributed by atoms with Gasteiger partial charge in [0.15, 0.2) is 0 Å². The number of rotatable bonds is 8. The third kappa shape index (κ3) is 6.88. The Kier molecular flexibility index (Phi) is 9.65. The van der Waals surface area contributed by atoms with Crippen molar-refractivity contribution in [2.24, 2.45) is 0 Å². The maximum atomic E-state index is 2.41. The smallest absolute Gasteiger partial charge is 0.00199 e. The van der Waals surface area contributed by atoms with Crippen LogP contribution in [-0.2, 0) is 0 Å². The number of fused-ring (bicyclic) bond motifs is 4. The van der Waals surface area contributed by atoms with Crippen LogP contribution in [0.15, 0.2) is 243 Å². The fourth-order valence-corrected chi connectivity index (χ4v) is 9.43. The van der Waals surface area contributed by atoms with E-state index in [9.17, 15) is 0 Å². The molecular formula is C62H42. The standard InChI is InChI=1S/C62H42/c1-5-21-45(22-6-1)57(46-23-7-2-8-24-46)39-43-37-49-29-13-15-31-51(49)59(41-43)61-53-33-17-19-35-55(53)62(56-36-20-18-34-54(56)61)60-42-44(38-50-30-14-16-32-52(50)60)40-58(47-25-9-3-10-26-47)48-27-11-4-12-28-48/h1-42H. The molecule has 0 radical (unpaired) electrons. The molecule has 0 saturated heterocycles. The van der Waals surface area contributed by atoms with Crippen LogP contribution in [0.1, 0.15) is 33.4 Å². The Balaban J connectivity index is 1.19. The third-order valence-electron chi connectivity index (χ3n) is 12.2. The highest BCUT2D eigenvalue weighted by Crippen LogP contribution is 2.47. The van der Waals surface area contributed by atoms with Gasteiger partial charge in [0.05, 0.1) is 0 Å². The van der Waals surface area contributed by atoms with E-state index < -0.39 is 0 Å². The molecule has 0 nitrogen and oxygen atoms in total. The molecule has 0 heteroatoms. The van der Waals surface area contributed by atoms with Gasteiger partial charge < -0.3 is 0 Å². The van der Waals surface area contributed by atoms with Crippen LogP contribution in [0.3, 0.4) is 0 Å². The van der Waals surface area contributed by atoms with Crippen molar-refractivity contribution in [3.05, 3.63) is 276 Å². The van der Waals surface area contributed by atoms with Crippen LogP contribution in [-0.4, -0.2) is 0 Å². The van der Waals surface area contributed by atoms with E-state index in [1.807, 2.05) is 0 Å². The molecule has 0 N–H and O–H groups in total. The first-order valence-electron chi connectivity index (χ1n) is 21.4. The average molecular weight is 787 g/mol. The summed E-state index contributed by atoms with van der Waals surface area (Å²) in [6.45, 7) is 0. The minimum absolute atomic E-state index is 1.16. The van der Waals surface area contributed by atoms with Crippen molar-refractivity contribution in [2.45, 2.75) is 0 Å². The van der Waals surface area contributed by atoms with E-state index in [0.717, 1.165) is 11.1 Å². The zero-order valence-corrected chi connectivity index (χ0v) is 34.2. The Morgan fingerprint density at radius 1 is 0.242 bits per heavy atom. The van der Waals surface area contributed by atoms with Crippen LogP contribution < -0.4 is 0 Å². The molecule has 0 heterocycles. The molecule has 11 aromatic carbocycles. The molecule has 0 aromatic heterocycles. The maximum absolute atomic E-state index is 2.41. The summed E-state index contributed by atoms with van der Waals surface area (Å²) in [5.41, 5.74) is 14.4. The van der Waals surface area contributed by atoms with Gasteiger partial charge in [-0.3, -0.25) is 0 Å². The maximum Gasteiger partial charge on any atom is -0.00199 e. The van der Waals surface area contributed by atoms with Crippen LogP contribution in [0.2, 0.25) is 0 Å². The van der Waals surface area contributed by atoms with Gasteiger partial charge in [-0.1, -0.05) is 218 Å². The molecule has 0 unspecified atom stereocenters. The predicted molar refractivity (Wildman–Crippen MR) is 267 cm³/mol. The minimum atomic E-state index is 1.16. The molecule has 0 bridgehead atoms. The van der Waals surface area contributed by atoms with Crippen molar-refractivity contribution < 1.29 is 0 Å². The van der Waals surface area contributed by atoms with Gasteiger partial charge in [-0.15, -0.1) is 0 Å². The molecule has 0 fully saturated rings. The molecule has 0 aliphatic rings. The van der Waals surface area contributed by atoms with Crippen molar-refractivity contribution in [3.63, 3.8) is 0 Å². The molecule has 0 aliphatic carbocycles. The highest BCUT2D eigenvalue weighted by molar-refractivity contribution is 6.25. The molecule has 290 valence electrons. The van der Waals surface area contributed by atoms with Gasteiger partial charge in [0.25, 0.3) is 0 Å². The summed E-state index contributed by atoms with van der Waals surface area (Å²) in [7, 11) is 0. The van der Waals surface area contributed by atoms with E-state index in [0.29, 0.717) is 0 Å². The van der Waals surface area contributed by atoms with E-state index in [2.05, 4.69) is 255 Å². The van der Waals surface area contributed by atoms with Gasteiger partial charge in [-0.2, -0.15) is 0 Å². The normalized spacial score (nSPS) is 11.2. The molecule has 0 atom stereocenters. The first kappa shape index (κ1) is 37.0. The fourth-order valence-electron chi connectivity index (χ4n) is 9.43. The fraction of sp³-hybridized carbons (Fsp3) is 0. The number of benzene rings is 11. The highest BCUT2D eigenvalue weighted by Gasteiger charge is 2.20. The zero-order chi connectivity index (χ0) is 41.2. The molecule has 0 aliphatic heterocycles. The van der Waals surface area contributed by atoms with Gasteiger partial charge >= 0.3 is 0 Å². The Bertz CT molecular complexity index is 3090. The van der Waals surface area contributed by atoms with Crippen LogP contribution in [0, 0.1) is 0 Å². The summed E-state index contributed by atoms with van der Waals surface area (Å²) in [4.78, 5) is 0. The molecule has 62 heavy (non-hydrogen) atoms. The molecule has 11 aromatic rings.